The maximum Gasteiger partial charge on any atom is 0.161 e. The smallest absolute Gasteiger partial charge is 0.161 e. The lowest BCUT2D eigenvalue weighted by atomic mass is 10.2. The minimum Gasteiger partial charge on any atom is -0.373 e. The predicted molar refractivity (Wildman–Crippen MR) is 75.2 cm³/mol. The zero-order valence-corrected chi connectivity index (χ0v) is 11.7. The fourth-order valence-electron chi connectivity index (χ4n) is 1.78. The van der Waals surface area contributed by atoms with E-state index in [1.807, 2.05) is 6.92 Å². The Morgan fingerprint density at radius 2 is 1.62 bits per heavy atom. The molecule has 0 aliphatic rings. The number of nitrogens with one attached hydrogen (secondary N) is 2. The third-order valence-corrected chi connectivity index (χ3v) is 2.77. The van der Waals surface area contributed by atoms with E-state index in [0.717, 1.165) is 12.5 Å². The van der Waals surface area contributed by atoms with E-state index in [9.17, 15) is 13.2 Å². The van der Waals surface area contributed by atoms with Crippen LogP contribution >= 0.6 is 0 Å². The lowest BCUT2D eigenvalue weighted by Gasteiger charge is -2.10. The van der Waals surface area contributed by atoms with Crippen molar-refractivity contribution >= 4 is 17.3 Å². The maximum absolute atomic E-state index is 13.6. The average Bonchev–Trinajstić information content (AvgIpc) is 2.45. The molecule has 1 aromatic heterocycles. The fourth-order valence-corrected chi connectivity index (χ4v) is 1.78. The molecule has 1 aromatic carbocycles. The van der Waals surface area contributed by atoms with Gasteiger partial charge in [-0.25, -0.2) is 23.1 Å². The van der Waals surface area contributed by atoms with Crippen LogP contribution in [0.3, 0.4) is 0 Å². The number of aromatic nitrogens is 2. The molecule has 0 saturated heterocycles. The highest BCUT2D eigenvalue weighted by Crippen LogP contribution is 2.23. The Balaban J connectivity index is 2.34. The van der Waals surface area contributed by atoms with Crippen LogP contribution in [0.5, 0.6) is 0 Å². The van der Waals surface area contributed by atoms with Gasteiger partial charge in [0.2, 0.25) is 0 Å². The standard InChI is InChI=1S/C14H15F3N4/c1-3-4-12-20-13(18-2)7-14(21-12)19-11-6-9(16)8(15)5-10(11)17/h5-7H,3-4H2,1-2H3,(H2,18,19,20,21). The first kappa shape index (κ1) is 15.1. The second-order valence-electron chi connectivity index (χ2n) is 4.43. The van der Waals surface area contributed by atoms with Crippen molar-refractivity contribution in [3.8, 4) is 0 Å². The summed E-state index contributed by atoms with van der Waals surface area (Å²) in [6.45, 7) is 1.98. The molecule has 0 unspecified atom stereocenters. The Hall–Kier alpha value is -2.31. The first-order valence-corrected chi connectivity index (χ1v) is 6.50. The number of benzene rings is 1. The van der Waals surface area contributed by atoms with Crippen molar-refractivity contribution in [3.05, 3.63) is 41.5 Å². The molecule has 0 aliphatic heterocycles. The number of aryl methyl sites for hydroxylation is 1. The lowest BCUT2D eigenvalue weighted by molar-refractivity contribution is 0.496. The molecule has 7 heteroatoms. The molecule has 2 aromatic rings. The Morgan fingerprint density at radius 3 is 2.29 bits per heavy atom. The van der Waals surface area contributed by atoms with Gasteiger partial charge in [0.25, 0.3) is 0 Å². The molecule has 1 heterocycles. The van der Waals surface area contributed by atoms with Crippen molar-refractivity contribution in [3.63, 3.8) is 0 Å². The normalized spacial score (nSPS) is 10.5. The average molecular weight is 296 g/mol. The van der Waals surface area contributed by atoms with Crippen LogP contribution in [0.15, 0.2) is 18.2 Å². The highest BCUT2D eigenvalue weighted by molar-refractivity contribution is 5.59. The number of hydrogen-bond donors (Lipinski definition) is 2. The molecule has 0 aliphatic carbocycles. The Bertz CT molecular complexity index is 646. The van der Waals surface area contributed by atoms with Crippen LogP contribution in [0.4, 0.5) is 30.5 Å². The summed E-state index contributed by atoms with van der Waals surface area (Å²) in [5.41, 5.74) is -0.183. The third kappa shape index (κ3) is 3.62. The van der Waals surface area contributed by atoms with Crippen molar-refractivity contribution in [1.29, 1.82) is 0 Å². The molecule has 2 rings (SSSR count). The zero-order valence-electron chi connectivity index (χ0n) is 11.7. The Morgan fingerprint density at radius 1 is 0.952 bits per heavy atom. The number of rotatable bonds is 5. The minimum atomic E-state index is -1.23. The van der Waals surface area contributed by atoms with Crippen molar-refractivity contribution in [2.45, 2.75) is 19.8 Å². The van der Waals surface area contributed by atoms with E-state index in [4.69, 9.17) is 0 Å². The first-order valence-electron chi connectivity index (χ1n) is 6.50. The van der Waals surface area contributed by atoms with Gasteiger partial charge < -0.3 is 10.6 Å². The van der Waals surface area contributed by atoms with Gasteiger partial charge in [-0.05, 0) is 6.42 Å². The lowest BCUT2D eigenvalue weighted by Crippen LogP contribution is -2.05. The van der Waals surface area contributed by atoms with Gasteiger partial charge in [-0.1, -0.05) is 6.92 Å². The summed E-state index contributed by atoms with van der Waals surface area (Å²) in [6, 6.07) is 2.80. The molecular weight excluding hydrogens is 281 g/mol. The van der Waals surface area contributed by atoms with Gasteiger partial charge in [-0.3, -0.25) is 0 Å². The fraction of sp³-hybridized carbons (Fsp3) is 0.286. The van der Waals surface area contributed by atoms with Crippen LogP contribution in [0.2, 0.25) is 0 Å². The summed E-state index contributed by atoms with van der Waals surface area (Å²) in [6.07, 6.45) is 1.51. The van der Waals surface area contributed by atoms with Gasteiger partial charge in [0.15, 0.2) is 11.6 Å². The predicted octanol–water partition coefficient (Wildman–Crippen LogP) is 3.63. The molecule has 0 amide bonds. The monoisotopic (exact) mass is 296 g/mol. The van der Waals surface area contributed by atoms with E-state index in [1.54, 1.807) is 13.1 Å². The van der Waals surface area contributed by atoms with E-state index >= 15 is 0 Å². The second-order valence-corrected chi connectivity index (χ2v) is 4.43. The Kier molecular flexibility index (Phi) is 4.62. The van der Waals surface area contributed by atoms with Crippen LogP contribution in [-0.2, 0) is 6.42 Å². The number of halogens is 3. The van der Waals surface area contributed by atoms with Crippen LogP contribution in [0.1, 0.15) is 19.2 Å². The van der Waals surface area contributed by atoms with Crippen molar-refractivity contribution < 1.29 is 13.2 Å². The van der Waals surface area contributed by atoms with Gasteiger partial charge in [-0.15, -0.1) is 0 Å². The van der Waals surface area contributed by atoms with Crippen molar-refractivity contribution in [2.24, 2.45) is 0 Å². The first-order chi connectivity index (χ1) is 10.0. The SMILES string of the molecule is CCCc1nc(NC)cc(Nc2cc(F)c(F)cc2F)n1. The molecule has 112 valence electrons. The molecular formula is C14H15F3N4. The molecule has 0 radical (unpaired) electrons. The van der Waals surface area contributed by atoms with Crippen LogP contribution in [0, 0.1) is 17.5 Å². The Labute approximate surface area is 120 Å². The molecule has 0 atom stereocenters. The van der Waals surface area contributed by atoms with E-state index in [-0.39, 0.29) is 5.69 Å². The topological polar surface area (TPSA) is 49.8 Å². The van der Waals surface area contributed by atoms with Crippen LogP contribution < -0.4 is 10.6 Å². The highest BCUT2D eigenvalue weighted by atomic mass is 19.2. The molecule has 2 N–H and O–H groups in total. The zero-order chi connectivity index (χ0) is 15.4. The second kappa shape index (κ2) is 6.43. The number of anilines is 3. The van der Waals surface area contributed by atoms with Crippen molar-refractivity contribution in [1.82, 2.24) is 9.97 Å². The van der Waals surface area contributed by atoms with Gasteiger partial charge >= 0.3 is 0 Å². The molecule has 4 nitrogen and oxygen atoms in total. The summed E-state index contributed by atoms with van der Waals surface area (Å²) in [5, 5.41) is 5.51. The highest BCUT2D eigenvalue weighted by Gasteiger charge is 2.11. The van der Waals surface area contributed by atoms with Gasteiger partial charge in [-0.2, -0.15) is 0 Å². The molecule has 0 saturated carbocycles. The van der Waals surface area contributed by atoms with Gasteiger partial charge in [0.1, 0.15) is 23.3 Å². The molecule has 0 fully saturated rings. The van der Waals surface area contributed by atoms with Crippen molar-refractivity contribution in [2.75, 3.05) is 17.7 Å². The molecule has 21 heavy (non-hydrogen) atoms. The van der Waals surface area contributed by atoms with Crippen LogP contribution in [0.25, 0.3) is 0 Å². The molecule has 0 spiro atoms. The summed E-state index contributed by atoms with van der Waals surface area (Å²) in [4.78, 5) is 8.46. The summed E-state index contributed by atoms with van der Waals surface area (Å²) in [5.74, 6) is -1.81. The summed E-state index contributed by atoms with van der Waals surface area (Å²) >= 11 is 0. The van der Waals surface area contributed by atoms with Crippen LogP contribution in [-0.4, -0.2) is 17.0 Å². The quantitative estimate of drug-likeness (QED) is 0.827. The van der Waals surface area contributed by atoms with Gasteiger partial charge in [0.05, 0.1) is 5.69 Å². The number of nitrogens with zero attached hydrogens (tertiary/aromatic N) is 2. The maximum atomic E-state index is 13.6. The largest absolute Gasteiger partial charge is 0.373 e. The van der Waals surface area contributed by atoms with E-state index in [2.05, 4.69) is 20.6 Å². The summed E-state index contributed by atoms with van der Waals surface area (Å²) in [7, 11) is 1.69. The minimum absolute atomic E-state index is 0.183. The number of hydrogen-bond acceptors (Lipinski definition) is 4. The van der Waals surface area contributed by atoms with E-state index in [0.29, 0.717) is 29.9 Å². The van der Waals surface area contributed by atoms with E-state index < -0.39 is 17.5 Å². The third-order valence-electron chi connectivity index (χ3n) is 2.77. The van der Waals surface area contributed by atoms with E-state index in [1.165, 1.54) is 0 Å². The van der Waals surface area contributed by atoms with Gasteiger partial charge in [0, 0.05) is 31.7 Å². The molecule has 0 bridgehead atoms. The summed E-state index contributed by atoms with van der Waals surface area (Å²) < 4.78 is 39.7.